The summed E-state index contributed by atoms with van der Waals surface area (Å²) in [5.41, 5.74) is 1.25. The van der Waals surface area contributed by atoms with Gasteiger partial charge in [-0.05, 0) is 30.2 Å². The minimum Gasteiger partial charge on any atom is -0.314 e. The molecule has 0 aromatic heterocycles. The van der Waals surface area contributed by atoms with E-state index in [2.05, 4.69) is 38.8 Å². The highest BCUT2D eigenvalue weighted by molar-refractivity contribution is 9.10. The molecule has 20 heavy (non-hydrogen) atoms. The van der Waals surface area contributed by atoms with Crippen LogP contribution >= 0.6 is 52.3 Å². The fourth-order valence-corrected chi connectivity index (χ4v) is 3.09. The van der Waals surface area contributed by atoms with Crippen LogP contribution in [0.5, 0.6) is 0 Å². The number of piperazine rings is 1. The van der Waals surface area contributed by atoms with Crippen molar-refractivity contribution >= 4 is 52.3 Å². The Hall–Kier alpha value is 0.230. The molecule has 1 aliphatic heterocycles. The van der Waals surface area contributed by atoms with E-state index in [1.54, 1.807) is 0 Å². The quantitative estimate of drug-likeness (QED) is 0.748. The Bertz CT molecular complexity index is 423. The third-order valence-corrected chi connectivity index (χ3v) is 4.26. The third-order valence-electron chi connectivity index (χ3n) is 3.30. The second-order valence-corrected chi connectivity index (χ2v) is 5.78. The van der Waals surface area contributed by atoms with Gasteiger partial charge in [0.15, 0.2) is 0 Å². The van der Waals surface area contributed by atoms with Gasteiger partial charge >= 0.3 is 0 Å². The zero-order chi connectivity index (χ0) is 13.0. The molecule has 2 nitrogen and oxygen atoms in total. The average Bonchev–Trinajstić information content (AvgIpc) is 2.40. The molecule has 0 saturated carbocycles. The van der Waals surface area contributed by atoms with E-state index in [1.165, 1.54) is 5.56 Å². The van der Waals surface area contributed by atoms with Crippen molar-refractivity contribution in [1.82, 2.24) is 10.2 Å². The highest BCUT2D eigenvalue weighted by atomic mass is 79.9. The molecular weight excluding hydrogens is 382 g/mol. The smallest absolute Gasteiger partial charge is 0.0410 e. The normalized spacial score (nSPS) is 16.7. The van der Waals surface area contributed by atoms with Crippen molar-refractivity contribution in [3.63, 3.8) is 0 Å². The zero-order valence-electron chi connectivity index (χ0n) is 11.1. The lowest BCUT2D eigenvalue weighted by atomic mass is 10.0. The summed E-state index contributed by atoms with van der Waals surface area (Å²) in [6.45, 7) is 8.11. The standard InChI is InChI=1S/C14H18BrClN2.2ClH/c1-2-3-14(18-8-6-17-7-9-18)12-10-11(16)4-5-13(12)15;;/h2,4-5,10,14,17H,1,3,6-9H2;2*1H/t14-;;/m1../s1. The molecule has 0 unspecified atom stereocenters. The molecule has 114 valence electrons. The number of hydrogen-bond acceptors (Lipinski definition) is 2. The summed E-state index contributed by atoms with van der Waals surface area (Å²) in [5, 5.41) is 4.17. The zero-order valence-corrected chi connectivity index (χ0v) is 15.1. The molecule has 2 rings (SSSR count). The lowest BCUT2D eigenvalue weighted by Gasteiger charge is -2.35. The van der Waals surface area contributed by atoms with Gasteiger partial charge in [0, 0.05) is 41.7 Å². The molecule has 1 aromatic carbocycles. The molecule has 1 heterocycles. The number of benzene rings is 1. The van der Waals surface area contributed by atoms with Gasteiger partial charge in [0.05, 0.1) is 0 Å². The molecule has 0 spiro atoms. The van der Waals surface area contributed by atoms with Gasteiger partial charge in [-0.15, -0.1) is 31.4 Å². The topological polar surface area (TPSA) is 15.3 Å². The maximum atomic E-state index is 6.12. The largest absolute Gasteiger partial charge is 0.314 e. The van der Waals surface area contributed by atoms with Crippen LogP contribution in [0.15, 0.2) is 35.3 Å². The minimum atomic E-state index is 0. The summed E-state index contributed by atoms with van der Waals surface area (Å²) >= 11 is 9.75. The second-order valence-electron chi connectivity index (χ2n) is 4.49. The Labute approximate surface area is 146 Å². The van der Waals surface area contributed by atoms with Crippen LogP contribution in [-0.2, 0) is 0 Å². The average molecular weight is 403 g/mol. The second kappa shape index (κ2) is 10.0. The molecule has 0 bridgehead atoms. The lowest BCUT2D eigenvalue weighted by molar-refractivity contribution is 0.174. The first-order valence-corrected chi connectivity index (χ1v) is 7.40. The van der Waals surface area contributed by atoms with E-state index in [0.717, 1.165) is 42.1 Å². The maximum absolute atomic E-state index is 6.12. The number of nitrogens with zero attached hydrogens (tertiary/aromatic N) is 1. The van der Waals surface area contributed by atoms with Crippen molar-refractivity contribution in [3.05, 3.63) is 45.9 Å². The summed E-state index contributed by atoms with van der Waals surface area (Å²) in [6.07, 6.45) is 2.93. The van der Waals surface area contributed by atoms with Crippen LogP contribution in [0.1, 0.15) is 18.0 Å². The van der Waals surface area contributed by atoms with Crippen LogP contribution in [0.2, 0.25) is 5.02 Å². The Kier molecular flexibility index (Phi) is 10.2. The lowest BCUT2D eigenvalue weighted by Crippen LogP contribution is -2.45. The van der Waals surface area contributed by atoms with Gasteiger partial charge in [0.25, 0.3) is 0 Å². The summed E-state index contributed by atoms with van der Waals surface area (Å²) in [4.78, 5) is 2.49. The van der Waals surface area contributed by atoms with E-state index in [-0.39, 0.29) is 24.8 Å². The van der Waals surface area contributed by atoms with Crippen molar-refractivity contribution in [2.75, 3.05) is 26.2 Å². The molecular formula is C14H20BrCl3N2. The fourth-order valence-electron chi connectivity index (χ4n) is 2.39. The Morgan fingerprint density at radius 3 is 2.60 bits per heavy atom. The van der Waals surface area contributed by atoms with Crippen LogP contribution < -0.4 is 5.32 Å². The molecule has 1 aromatic rings. The first-order chi connectivity index (χ1) is 8.72. The monoisotopic (exact) mass is 400 g/mol. The van der Waals surface area contributed by atoms with E-state index in [9.17, 15) is 0 Å². The van der Waals surface area contributed by atoms with Crippen LogP contribution in [0.25, 0.3) is 0 Å². The molecule has 1 saturated heterocycles. The van der Waals surface area contributed by atoms with Gasteiger partial charge in [0.2, 0.25) is 0 Å². The first-order valence-electron chi connectivity index (χ1n) is 6.23. The van der Waals surface area contributed by atoms with Crippen LogP contribution in [0.3, 0.4) is 0 Å². The van der Waals surface area contributed by atoms with E-state index in [4.69, 9.17) is 11.6 Å². The summed E-state index contributed by atoms with van der Waals surface area (Å²) in [7, 11) is 0. The first kappa shape index (κ1) is 20.2. The van der Waals surface area contributed by atoms with Gasteiger partial charge in [-0.25, -0.2) is 0 Å². The van der Waals surface area contributed by atoms with Gasteiger partial charge in [-0.1, -0.05) is 33.6 Å². The molecule has 1 fully saturated rings. The Morgan fingerprint density at radius 1 is 1.35 bits per heavy atom. The Morgan fingerprint density at radius 2 is 2.00 bits per heavy atom. The molecule has 1 N–H and O–H groups in total. The minimum absolute atomic E-state index is 0. The van der Waals surface area contributed by atoms with Crippen molar-refractivity contribution in [2.45, 2.75) is 12.5 Å². The van der Waals surface area contributed by atoms with Crippen molar-refractivity contribution in [1.29, 1.82) is 0 Å². The predicted molar refractivity (Wildman–Crippen MR) is 95.6 cm³/mol. The molecule has 0 aliphatic carbocycles. The molecule has 6 heteroatoms. The maximum Gasteiger partial charge on any atom is 0.0410 e. The molecule has 1 aliphatic rings. The predicted octanol–water partition coefficient (Wildman–Crippen LogP) is 4.47. The Balaban J connectivity index is 0.00000180. The highest BCUT2D eigenvalue weighted by Crippen LogP contribution is 2.32. The van der Waals surface area contributed by atoms with Gasteiger partial charge < -0.3 is 5.32 Å². The van der Waals surface area contributed by atoms with Crippen molar-refractivity contribution in [2.24, 2.45) is 0 Å². The summed E-state index contributed by atoms with van der Waals surface area (Å²) in [6, 6.07) is 6.35. The van der Waals surface area contributed by atoms with E-state index in [1.807, 2.05) is 18.2 Å². The van der Waals surface area contributed by atoms with Crippen LogP contribution in [0, 0.1) is 0 Å². The molecule has 1 atom stereocenters. The van der Waals surface area contributed by atoms with Gasteiger partial charge in [0.1, 0.15) is 0 Å². The number of halogens is 4. The van der Waals surface area contributed by atoms with Gasteiger partial charge in [-0.3, -0.25) is 4.90 Å². The van der Waals surface area contributed by atoms with E-state index < -0.39 is 0 Å². The fraction of sp³-hybridized carbons (Fsp3) is 0.429. The highest BCUT2D eigenvalue weighted by Gasteiger charge is 2.22. The van der Waals surface area contributed by atoms with E-state index in [0.29, 0.717) is 6.04 Å². The van der Waals surface area contributed by atoms with Gasteiger partial charge in [-0.2, -0.15) is 0 Å². The van der Waals surface area contributed by atoms with Crippen LogP contribution in [-0.4, -0.2) is 31.1 Å². The number of nitrogens with one attached hydrogen (secondary N) is 1. The molecule has 0 amide bonds. The number of hydrogen-bond donors (Lipinski definition) is 1. The van der Waals surface area contributed by atoms with Crippen molar-refractivity contribution < 1.29 is 0 Å². The van der Waals surface area contributed by atoms with Crippen LogP contribution in [0.4, 0.5) is 0 Å². The number of rotatable bonds is 4. The SMILES string of the molecule is C=CC[C@H](c1cc(Cl)ccc1Br)N1CCNCC1.Cl.Cl. The summed E-state index contributed by atoms with van der Waals surface area (Å²) < 4.78 is 1.12. The van der Waals surface area contributed by atoms with E-state index >= 15 is 0 Å². The third kappa shape index (κ3) is 5.21. The van der Waals surface area contributed by atoms with Crippen molar-refractivity contribution in [3.8, 4) is 0 Å². The molecule has 0 radical (unpaired) electrons. The summed E-state index contributed by atoms with van der Waals surface area (Å²) in [5.74, 6) is 0.